The number of halogens is 1. The Kier molecular flexibility index (Phi) is 2.27. The molecule has 1 aromatic heterocycles. The van der Waals surface area contributed by atoms with E-state index in [1.807, 2.05) is 29.6 Å². The second kappa shape index (κ2) is 3.00. The fraction of sp³-hybridized carbons (Fsp3) is 0.167. The van der Waals surface area contributed by atoms with Crippen molar-refractivity contribution in [3.05, 3.63) is 22.0 Å². The first kappa shape index (κ1) is 6.80. The van der Waals surface area contributed by atoms with Crippen molar-refractivity contribution in [2.75, 3.05) is 0 Å². The van der Waals surface area contributed by atoms with Crippen LogP contribution in [0, 0.1) is 0 Å². The maximum absolute atomic E-state index is 4.00. The highest BCUT2D eigenvalue weighted by Gasteiger charge is 1.86. The van der Waals surface area contributed by atoms with Crippen LogP contribution in [0.25, 0.3) is 6.08 Å². The molecule has 0 N–H and O–H groups in total. The molecule has 48 valence electrons. The lowest BCUT2D eigenvalue weighted by Gasteiger charge is -1.79. The molecule has 0 spiro atoms. The van der Waals surface area contributed by atoms with Crippen LogP contribution in [0.15, 0.2) is 16.5 Å². The average Bonchev–Trinajstić information content (AvgIpc) is 2.17. The minimum Gasteiger partial charge on any atom is -0.275 e. The summed E-state index contributed by atoms with van der Waals surface area (Å²) in [5, 5.41) is 4.00. The van der Waals surface area contributed by atoms with Crippen molar-refractivity contribution in [1.29, 1.82) is 0 Å². The third kappa shape index (κ3) is 1.82. The normalized spacial score (nSPS) is 10.9. The Labute approximate surface area is 67.7 Å². The van der Waals surface area contributed by atoms with Gasteiger partial charge >= 0.3 is 0 Å². The molecule has 9 heavy (non-hydrogen) atoms. The van der Waals surface area contributed by atoms with Crippen LogP contribution in [0.2, 0.25) is 0 Å². The van der Waals surface area contributed by atoms with Crippen LogP contribution in [0.1, 0.15) is 5.56 Å². The first-order valence-corrected chi connectivity index (χ1v) is 3.83. The Balaban J connectivity index is 2.85. The maximum atomic E-state index is 4.00. The molecule has 0 saturated carbocycles. The highest BCUT2D eigenvalue weighted by Crippen LogP contribution is 2.00. The quantitative estimate of drug-likeness (QED) is 0.677. The van der Waals surface area contributed by atoms with Crippen molar-refractivity contribution >= 4 is 28.7 Å². The summed E-state index contributed by atoms with van der Waals surface area (Å²) < 4.78 is 3.75. The van der Waals surface area contributed by atoms with Gasteiger partial charge < -0.3 is 0 Å². The SMILES string of the molecule is Cn1cc(/C=C/I)cn1. The molecule has 0 aliphatic carbocycles. The van der Waals surface area contributed by atoms with Gasteiger partial charge in [0.2, 0.25) is 0 Å². The summed E-state index contributed by atoms with van der Waals surface area (Å²) in [5.74, 6) is 0. The molecule has 1 aromatic rings. The maximum Gasteiger partial charge on any atom is 0.0562 e. The van der Waals surface area contributed by atoms with Gasteiger partial charge in [-0.05, 0) is 10.2 Å². The Bertz CT molecular complexity index is 215. The summed E-state index contributed by atoms with van der Waals surface area (Å²) in [7, 11) is 1.91. The van der Waals surface area contributed by atoms with Gasteiger partial charge in [-0.15, -0.1) is 0 Å². The van der Waals surface area contributed by atoms with Gasteiger partial charge in [0.25, 0.3) is 0 Å². The van der Waals surface area contributed by atoms with Gasteiger partial charge in [0.15, 0.2) is 0 Å². The Morgan fingerprint density at radius 2 is 2.56 bits per heavy atom. The Morgan fingerprint density at radius 1 is 1.78 bits per heavy atom. The van der Waals surface area contributed by atoms with Gasteiger partial charge in [-0.1, -0.05) is 22.6 Å². The Hall–Kier alpha value is -0.320. The molecule has 0 radical (unpaired) electrons. The number of hydrogen-bond donors (Lipinski definition) is 0. The average molecular weight is 234 g/mol. The monoisotopic (exact) mass is 234 g/mol. The van der Waals surface area contributed by atoms with Gasteiger partial charge in [-0.3, -0.25) is 4.68 Å². The van der Waals surface area contributed by atoms with Crippen LogP contribution in [0.4, 0.5) is 0 Å². The number of nitrogens with zero attached hydrogens (tertiary/aromatic N) is 2. The summed E-state index contributed by atoms with van der Waals surface area (Å²) >= 11 is 2.18. The van der Waals surface area contributed by atoms with Crippen LogP contribution in [0.5, 0.6) is 0 Å². The molecule has 0 amide bonds. The first-order valence-electron chi connectivity index (χ1n) is 2.58. The van der Waals surface area contributed by atoms with E-state index >= 15 is 0 Å². The van der Waals surface area contributed by atoms with E-state index in [0.717, 1.165) is 5.56 Å². The zero-order chi connectivity index (χ0) is 6.69. The second-order valence-electron chi connectivity index (χ2n) is 1.74. The molecule has 3 heteroatoms. The second-order valence-corrected chi connectivity index (χ2v) is 2.46. The van der Waals surface area contributed by atoms with Gasteiger partial charge in [0.05, 0.1) is 6.20 Å². The number of hydrogen-bond acceptors (Lipinski definition) is 1. The molecule has 0 unspecified atom stereocenters. The zero-order valence-electron chi connectivity index (χ0n) is 5.08. The summed E-state index contributed by atoms with van der Waals surface area (Å²) in [4.78, 5) is 0. The molecule has 1 rings (SSSR count). The molecule has 0 saturated heterocycles. The van der Waals surface area contributed by atoms with Crippen molar-refractivity contribution < 1.29 is 0 Å². The van der Waals surface area contributed by atoms with Crippen molar-refractivity contribution in [1.82, 2.24) is 9.78 Å². The minimum atomic E-state index is 1.15. The molecule has 0 fully saturated rings. The van der Waals surface area contributed by atoms with E-state index < -0.39 is 0 Å². The molecular weight excluding hydrogens is 227 g/mol. The van der Waals surface area contributed by atoms with E-state index in [9.17, 15) is 0 Å². The molecule has 2 nitrogen and oxygen atoms in total. The molecule has 0 aliphatic heterocycles. The van der Waals surface area contributed by atoms with E-state index in [1.165, 1.54) is 0 Å². The van der Waals surface area contributed by atoms with E-state index in [1.54, 1.807) is 4.68 Å². The van der Waals surface area contributed by atoms with E-state index in [4.69, 9.17) is 0 Å². The lowest BCUT2D eigenvalue weighted by atomic mass is 10.4. The van der Waals surface area contributed by atoms with Crippen LogP contribution >= 0.6 is 22.6 Å². The van der Waals surface area contributed by atoms with Crippen LogP contribution < -0.4 is 0 Å². The number of aryl methyl sites for hydroxylation is 1. The summed E-state index contributed by atoms with van der Waals surface area (Å²) in [6.07, 6.45) is 5.80. The lowest BCUT2D eigenvalue weighted by Crippen LogP contribution is -1.83. The molecule has 0 atom stereocenters. The van der Waals surface area contributed by atoms with Crippen LogP contribution in [0.3, 0.4) is 0 Å². The summed E-state index contributed by atoms with van der Waals surface area (Å²) in [5.41, 5.74) is 1.15. The van der Waals surface area contributed by atoms with Crippen molar-refractivity contribution in [2.45, 2.75) is 0 Å². The van der Waals surface area contributed by atoms with Crippen molar-refractivity contribution in [3.8, 4) is 0 Å². The van der Waals surface area contributed by atoms with E-state index in [0.29, 0.717) is 0 Å². The molecular formula is C6H7IN2. The van der Waals surface area contributed by atoms with Crippen LogP contribution in [-0.2, 0) is 7.05 Å². The topological polar surface area (TPSA) is 17.8 Å². The summed E-state index contributed by atoms with van der Waals surface area (Å²) in [6.45, 7) is 0. The molecule has 0 aromatic carbocycles. The zero-order valence-corrected chi connectivity index (χ0v) is 7.24. The van der Waals surface area contributed by atoms with Gasteiger partial charge in [0, 0.05) is 18.8 Å². The van der Waals surface area contributed by atoms with E-state index in [2.05, 4.69) is 27.7 Å². The molecule has 1 heterocycles. The summed E-state index contributed by atoms with van der Waals surface area (Å²) in [6, 6.07) is 0. The molecule has 0 aliphatic rings. The van der Waals surface area contributed by atoms with Gasteiger partial charge in [0.1, 0.15) is 0 Å². The van der Waals surface area contributed by atoms with E-state index in [-0.39, 0.29) is 0 Å². The van der Waals surface area contributed by atoms with Gasteiger partial charge in [-0.25, -0.2) is 0 Å². The smallest absolute Gasteiger partial charge is 0.0562 e. The lowest BCUT2D eigenvalue weighted by molar-refractivity contribution is 0.767. The predicted octanol–water partition coefficient (Wildman–Crippen LogP) is 1.83. The fourth-order valence-electron chi connectivity index (χ4n) is 0.599. The third-order valence-electron chi connectivity index (χ3n) is 0.980. The van der Waals surface area contributed by atoms with Crippen molar-refractivity contribution in [2.24, 2.45) is 7.05 Å². The number of rotatable bonds is 1. The predicted molar refractivity (Wildman–Crippen MR) is 46.3 cm³/mol. The molecule has 0 bridgehead atoms. The highest BCUT2D eigenvalue weighted by atomic mass is 127. The Morgan fingerprint density at radius 3 is 3.00 bits per heavy atom. The largest absolute Gasteiger partial charge is 0.275 e. The minimum absolute atomic E-state index is 1.15. The third-order valence-corrected chi connectivity index (χ3v) is 1.34. The highest BCUT2D eigenvalue weighted by molar-refractivity contribution is 14.1. The van der Waals surface area contributed by atoms with Crippen LogP contribution in [-0.4, -0.2) is 9.78 Å². The first-order chi connectivity index (χ1) is 4.33. The number of aromatic nitrogens is 2. The fourth-order valence-corrected chi connectivity index (χ4v) is 1.01. The standard InChI is InChI=1S/C6H7IN2/c1-9-5-6(2-3-7)4-8-9/h2-5H,1H3/b3-2+. The van der Waals surface area contributed by atoms with Crippen molar-refractivity contribution in [3.63, 3.8) is 0 Å². The van der Waals surface area contributed by atoms with Gasteiger partial charge in [-0.2, -0.15) is 5.10 Å².